The van der Waals surface area contributed by atoms with Crippen molar-refractivity contribution in [1.82, 2.24) is 0 Å². The van der Waals surface area contributed by atoms with E-state index in [9.17, 15) is 0 Å². The van der Waals surface area contributed by atoms with Gasteiger partial charge in [-0.05, 0) is 31.9 Å². The molecule has 0 radical (unpaired) electrons. The van der Waals surface area contributed by atoms with Gasteiger partial charge in [0, 0.05) is 7.05 Å². The van der Waals surface area contributed by atoms with Crippen LogP contribution in [0.4, 0.5) is 11.4 Å². The maximum atomic E-state index is 4.10. The molecule has 0 fully saturated rings. The Bertz CT molecular complexity index is 474. The predicted molar refractivity (Wildman–Crippen MR) is 74.6 cm³/mol. The molecule has 1 aliphatic heterocycles. The molecule has 3 nitrogen and oxygen atoms in total. The molecule has 0 amide bonds. The quantitative estimate of drug-likeness (QED) is 0.584. The molecule has 88 valence electrons. The number of anilines is 2. The molecule has 0 unspecified atom stereocenters. The van der Waals surface area contributed by atoms with Crippen LogP contribution in [-0.2, 0) is 0 Å². The van der Waals surface area contributed by atoms with Gasteiger partial charge in [-0.15, -0.1) is 0 Å². The Labute approximate surface area is 102 Å². The second-order valence-corrected chi connectivity index (χ2v) is 3.96. The summed E-state index contributed by atoms with van der Waals surface area (Å²) in [4.78, 5) is 8.45. The first-order valence-corrected chi connectivity index (χ1v) is 5.65. The number of fused-ring (bicyclic) bond motifs is 1. The zero-order valence-electron chi connectivity index (χ0n) is 10.3. The number of allylic oxidation sites excluding steroid dienone is 3. The summed E-state index contributed by atoms with van der Waals surface area (Å²) in [6, 6.07) is 8.32. The van der Waals surface area contributed by atoms with Gasteiger partial charge in [0.1, 0.15) is 5.82 Å². The zero-order chi connectivity index (χ0) is 12.3. The van der Waals surface area contributed by atoms with Crippen LogP contribution in [0.15, 0.2) is 53.3 Å². The van der Waals surface area contributed by atoms with Crippen LogP contribution in [0.1, 0.15) is 6.92 Å². The zero-order valence-corrected chi connectivity index (χ0v) is 10.3. The van der Waals surface area contributed by atoms with Crippen LogP contribution in [-0.4, -0.2) is 20.4 Å². The molecule has 17 heavy (non-hydrogen) atoms. The summed E-state index contributed by atoms with van der Waals surface area (Å²) in [5, 5.41) is 0. The fraction of sp³-hybridized carbons (Fsp3) is 0.214. The van der Waals surface area contributed by atoms with E-state index in [1.165, 1.54) is 11.4 Å². The van der Waals surface area contributed by atoms with Gasteiger partial charge in [-0.1, -0.05) is 24.3 Å². The summed E-state index contributed by atoms with van der Waals surface area (Å²) in [5.74, 6) is 0.875. The molecule has 1 aromatic carbocycles. The molecule has 0 aliphatic carbocycles. The molecule has 2 rings (SSSR count). The van der Waals surface area contributed by atoms with Crippen molar-refractivity contribution in [3.8, 4) is 0 Å². The fourth-order valence-corrected chi connectivity index (χ4v) is 1.99. The summed E-state index contributed by atoms with van der Waals surface area (Å²) in [7, 11) is 2.08. The highest BCUT2D eigenvalue weighted by molar-refractivity contribution is 5.78. The number of hydrogen-bond donors (Lipinski definition) is 0. The van der Waals surface area contributed by atoms with Crippen molar-refractivity contribution in [2.75, 3.05) is 23.5 Å². The molecule has 0 bridgehead atoms. The van der Waals surface area contributed by atoms with Gasteiger partial charge < -0.3 is 9.80 Å². The van der Waals surface area contributed by atoms with E-state index in [2.05, 4.69) is 46.8 Å². The Morgan fingerprint density at radius 3 is 2.71 bits per heavy atom. The van der Waals surface area contributed by atoms with E-state index in [-0.39, 0.29) is 0 Å². The van der Waals surface area contributed by atoms with Crippen LogP contribution in [0.25, 0.3) is 0 Å². The SMILES string of the molecule is C=NC(=CC=CC)N1CN(C)c2ccccc21. The number of para-hydroxylation sites is 2. The van der Waals surface area contributed by atoms with Gasteiger partial charge in [0.05, 0.1) is 18.0 Å². The molecule has 1 heterocycles. The number of hydrogen-bond acceptors (Lipinski definition) is 3. The smallest absolute Gasteiger partial charge is 0.133 e. The van der Waals surface area contributed by atoms with Crippen LogP contribution in [0, 0.1) is 0 Å². The summed E-state index contributed by atoms with van der Waals surface area (Å²) in [6.07, 6.45) is 5.94. The summed E-state index contributed by atoms with van der Waals surface area (Å²) in [5.41, 5.74) is 2.40. The third-order valence-corrected chi connectivity index (χ3v) is 2.81. The largest absolute Gasteiger partial charge is 0.355 e. The van der Waals surface area contributed by atoms with Crippen LogP contribution >= 0.6 is 0 Å². The first kappa shape index (κ1) is 11.5. The third-order valence-electron chi connectivity index (χ3n) is 2.81. The number of rotatable bonds is 3. The Morgan fingerprint density at radius 1 is 1.35 bits per heavy atom. The molecule has 1 aromatic rings. The van der Waals surface area contributed by atoms with Gasteiger partial charge in [-0.3, -0.25) is 0 Å². The molecular formula is C14H17N3. The van der Waals surface area contributed by atoms with Gasteiger partial charge in [0.25, 0.3) is 0 Å². The van der Waals surface area contributed by atoms with Crippen molar-refractivity contribution in [1.29, 1.82) is 0 Å². The summed E-state index contributed by atoms with van der Waals surface area (Å²) >= 11 is 0. The Balaban J connectivity index is 2.39. The average molecular weight is 227 g/mol. The van der Waals surface area contributed by atoms with Gasteiger partial charge in [0.2, 0.25) is 0 Å². The van der Waals surface area contributed by atoms with E-state index in [0.29, 0.717) is 0 Å². The van der Waals surface area contributed by atoms with Crippen LogP contribution < -0.4 is 9.80 Å². The minimum atomic E-state index is 0.807. The number of benzene rings is 1. The van der Waals surface area contributed by atoms with Crippen molar-refractivity contribution in [3.05, 3.63) is 48.3 Å². The van der Waals surface area contributed by atoms with E-state index in [1.54, 1.807) is 0 Å². The minimum Gasteiger partial charge on any atom is -0.355 e. The lowest BCUT2D eigenvalue weighted by Gasteiger charge is -2.18. The van der Waals surface area contributed by atoms with Crippen molar-refractivity contribution in [3.63, 3.8) is 0 Å². The van der Waals surface area contributed by atoms with Crippen molar-refractivity contribution in [2.45, 2.75) is 6.92 Å². The predicted octanol–water partition coefficient (Wildman–Crippen LogP) is 3.02. The Morgan fingerprint density at radius 2 is 2.06 bits per heavy atom. The maximum absolute atomic E-state index is 4.10. The van der Waals surface area contributed by atoms with Gasteiger partial charge in [-0.2, -0.15) is 0 Å². The monoisotopic (exact) mass is 227 g/mol. The lowest BCUT2D eigenvalue weighted by atomic mass is 10.2. The normalized spacial score (nSPS) is 15.5. The van der Waals surface area contributed by atoms with E-state index in [0.717, 1.165) is 12.5 Å². The molecule has 0 aromatic heterocycles. The Hall–Kier alpha value is -2.03. The second-order valence-electron chi connectivity index (χ2n) is 3.96. The van der Waals surface area contributed by atoms with Crippen LogP contribution in [0.5, 0.6) is 0 Å². The van der Waals surface area contributed by atoms with Crippen LogP contribution in [0.2, 0.25) is 0 Å². The summed E-state index contributed by atoms with van der Waals surface area (Å²) < 4.78 is 0. The molecule has 0 N–H and O–H groups in total. The second kappa shape index (κ2) is 4.87. The highest BCUT2D eigenvalue weighted by Gasteiger charge is 2.24. The van der Waals surface area contributed by atoms with E-state index >= 15 is 0 Å². The van der Waals surface area contributed by atoms with E-state index < -0.39 is 0 Å². The highest BCUT2D eigenvalue weighted by Crippen LogP contribution is 2.36. The maximum Gasteiger partial charge on any atom is 0.133 e. The van der Waals surface area contributed by atoms with Gasteiger partial charge >= 0.3 is 0 Å². The topological polar surface area (TPSA) is 18.8 Å². The lowest BCUT2D eigenvalue weighted by molar-refractivity contribution is 0.900. The molecule has 3 heteroatoms. The number of nitrogens with zero attached hydrogens (tertiary/aromatic N) is 3. The van der Waals surface area contributed by atoms with Crippen molar-refractivity contribution in [2.24, 2.45) is 4.99 Å². The van der Waals surface area contributed by atoms with Crippen molar-refractivity contribution >= 4 is 18.1 Å². The van der Waals surface area contributed by atoms with E-state index in [1.807, 2.05) is 31.2 Å². The standard InChI is InChI=1S/C14H17N3/c1-4-5-10-14(15-2)17-11-16(3)12-8-6-7-9-13(12)17/h4-10H,2,11H2,1,3H3. The lowest BCUT2D eigenvalue weighted by Crippen LogP contribution is -2.26. The molecular weight excluding hydrogens is 210 g/mol. The van der Waals surface area contributed by atoms with Gasteiger partial charge in [-0.25, -0.2) is 4.99 Å². The molecule has 0 saturated carbocycles. The molecule has 0 spiro atoms. The fourth-order valence-electron chi connectivity index (χ4n) is 1.99. The first-order chi connectivity index (χ1) is 8.27. The first-order valence-electron chi connectivity index (χ1n) is 5.65. The summed E-state index contributed by atoms with van der Waals surface area (Å²) in [6.45, 7) is 6.44. The molecule has 1 aliphatic rings. The molecule has 0 saturated heterocycles. The van der Waals surface area contributed by atoms with Crippen LogP contribution in [0.3, 0.4) is 0 Å². The molecule has 0 atom stereocenters. The van der Waals surface area contributed by atoms with Gasteiger partial charge in [0.15, 0.2) is 0 Å². The minimum absolute atomic E-state index is 0.807. The third kappa shape index (κ3) is 2.09. The average Bonchev–Trinajstić information content (AvgIpc) is 2.69. The van der Waals surface area contributed by atoms with Crippen molar-refractivity contribution < 1.29 is 0 Å². The van der Waals surface area contributed by atoms with E-state index in [4.69, 9.17) is 0 Å². The Kier molecular flexibility index (Phi) is 3.28. The highest BCUT2D eigenvalue weighted by atomic mass is 15.4. The number of aliphatic imine (C=N–C) groups is 1.